The summed E-state index contributed by atoms with van der Waals surface area (Å²) in [7, 11) is 0. The van der Waals surface area contributed by atoms with Crippen molar-refractivity contribution in [3.05, 3.63) is 65.7 Å². The third-order valence-corrected chi connectivity index (χ3v) is 4.60. The molecule has 0 unspecified atom stereocenters. The second-order valence-electron chi connectivity index (χ2n) is 6.39. The van der Waals surface area contributed by atoms with Gasteiger partial charge in [-0.3, -0.25) is 9.47 Å². The lowest BCUT2D eigenvalue weighted by atomic mass is 10.2. The number of imidazole rings is 1. The number of hydrogen-bond acceptors (Lipinski definition) is 2. The number of halogens is 3. The first-order valence-electron chi connectivity index (χ1n) is 8.35. The van der Waals surface area contributed by atoms with Gasteiger partial charge < -0.3 is 0 Å². The fourth-order valence-corrected chi connectivity index (χ4v) is 3.20. The molecule has 130 valence electrons. The average Bonchev–Trinajstić information content (AvgIpc) is 3.37. The Bertz CT molecular complexity index is 887. The van der Waals surface area contributed by atoms with Crippen molar-refractivity contribution in [2.45, 2.75) is 38.5 Å². The molecule has 25 heavy (non-hydrogen) atoms. The van der Waals surface area contributed by atoms with Crippen molar-refractivity contribution in [3.63, 3.8) is 0 Å². The molecule has 0 spiro atoms. The van der Waals surface area contributed by atoms with E-state index in [0.29, 0.717) is 35.0 Å². The molecule has 1 aliphatic rings. The van der Waals surface area contributed by atoms with E-state index in [-0.39, 0.29) is 12.4 Å². The van der Waals surface area contributed by atoms with Crippen molar-refractivity contribution in [2.75, 3.05) is 0 Å². The van der Waals surface area contributed by atoms with E-state index in [1.165, 1.54) is 6.07 Å². The van der Waals surface area contributed by atoms with Gasteiger partial charge in [0.15, 0.2) is 0 Å². The first-order chi connectivity index (χ1) is 12.1. The summed E-state index contributed by atoms with van der Waals surface area (Å²) >= 11 is 0. The number of nitrogens with zero attached hydrogens (tertiary/aromatic N) is 3. The zero-order valence-corrected chi connectivity index (χ0v) is 13.6. The van der Waals surface area contributed by atoms with Crippen molar-refractivity contribution in [3.8, 4) is 0 Å². The molecule has 0 aliphatic heterocycles. The lowest BCUT2D eigenvalue weighted by molar-refractivity contribution is 0.0677. The fourth-order valence-electron chi connectivity index (χ4n) is 3.20. The number of benzene rings is 2. The molecule has 1 heterocycles. The summed E-state index contributed by atoms with van der Waals surface area (Å²) in [6, 6.07) is 13.8. The average molecular weight is 345 g/mol. The van der Waals surface area contributed by atoms with Crippen molar-refractivity contribution >= 4 is 11.0 Å². The molecular formula is C19H18F3N3. The van der Waals surface area contributed by atoms with Crippen LogP contribution in [0, 0.1) is 5.82 Å². The number of para-hydroxylation sites is 2. The van der Waals surface area contributed by atoms with Crippen molar-refractivity contribution in [1.29, 1.82) is 0 Å². The zero-order valence-electron chi connectivity index (χ0n) is 13.6. The highest BCUT2D eigenvalue weighted by Crippen LogP contribution is 2.32. The van der Waals surface area contributed by atoms with E-state index in [1.54, 1.807) is 42.5 Å². The van der Waals surface area contributed by atoms with Crippen LogP contribution in [0.15, 0.2) is 48.5 Å². The predicted molar refractivity (Wildman–Crippen MR) is 89.7 cm³/mol. The number of alkyl halides is 2. The Hall–Kier alpha value is -2.34. The maximum atomic E-state index is 14.0. The number of rotatable bonds is 6. The quantitative estimate of drug-likeness (QED) is 0.644. The molecule has 6 heteroatoms. The van der Waals surface area contributed by atoms with Crippen LogP contribution in [0.2, 0.25) is 0 Å². The first-order valence-corrected chi connectivity index (χ1v) is 8.35. The highest BCUT2D eigenvalue weighted by molar-refractivity contribution is 5.75. The summed E-state index contributed by atoms with van der Waals surface area (Å²) in [5, 5.41) is 0. The lowest BCUT2D eigenvalue weighted by Crippen LogP contribution is -2.27. The molecule has 0 radical (unpaired) electrons. The summed E-state index contributed by atoms with van der Waals surface area (Å²) in [5.74, 6) is 0.0509. The molecule has 0 N–H and O–H groups in total. The van der Waals surface area contributed by atoms with Gasteiger partial charge in [-0.25, -0.2) is 9.37 Å². The summed E-state index contributed by atoms with van der Waals surface area (Å²) in [6.45, 7) is -1.99. The smallest absolute Gasteiger partial charge is 0.289 e. The van der Waals surface area contributed by atoms with E-state index in [1.807, 2.05) is 4.90 Å². The van der Waals surface area contributed by atoms with Gasteiger partial charge in [0.05, 0.1) is 17.6 Å². The SMILES string of the molecule is Fc1ccccc1CN(Cc1nc2ccccc2n1C(F)F)C1CC1. The van der Waals surface area contributed by atoms with E-state index in [9.17, 15) is 13.2 Å². The third-order valence-electron chi connectivity index (χ3n) is 4.60. The standard InChI is InChI=1S/C19H18F3N3/c20-15-6-2-1-5-13(15)11-24(14-9-10-14)12-18-23-16-7-3-4-8-17(16)25(18)19(21)22/h1-8,14,19H,9-12H2. The molecule has 1 fully saturated rings. The summed E-state index contributed by atoms with van der Waals surface area (Å²) in [5.41, 5.74) is 1.56. The maximum Gasteiger partial charge on any atom is 0.320 e. The second kappa shape index (κ2) is 6.52. The molecular weight excluding hydrogens is 327 g/mol. The molecule has 0 amide bonds. The molecule has 4 rings (SSSR count). The van der Waals surface area contributed by atoms with Gasteiger partial charge in [-0.1, -0.05) is 30.3 Å². The van der Waals surface area contributed by atoms with Gasteiger partial charge >= 0.3 is 6.55 Å². The first kappa shape index (κ1) is 16.1. The van der Waals surface area contributed by atoms with Gasteiger partial charge in [0, 0.05) is 18.2 Å². The molecule has 0 atom stereocenters. The Morgan fingerprint density at radius 3 is 2.48 bits per heavy atom. The summed E-state index contributed by atoms with van der Waals surface area (Å²) in [4.78, 5) is 6.44. The normalized spacial score (nSPS) is 14.8. The monoisotopic (exact) mass is 345 g/mol. The fraction of sp³-hybridized carbons (Fsp3) is 0.316. The highest BCUT2D eigenvalue weighted by Gasteiger charge is 2.31. The van der Waals surface area contributed by atoms with Crippen LogP contribution in [0.25, 0.3) is 11.0 Å². The highest BCUT2D eigenvalue weighted by atomic mass is 19.3. The molecule has 3 nitrogen and oxygen atoms in total. The van der Waals surface area contributed by atoms with E-state index in [0.717, 1.165) is 17.4 Å². The van der Waals surface area contributed by atoms with Crippen LogP contribution < -0.4 is 0 Å². The Morgan fingerprint density at radius 1 is 1.04 bits per heavy atom. The van der Waals surface area contributed by atoms with Crippen molar-refractivity contribution < 1.29 is 13.2 Å². The van der Waals surface area contributed by atoms with Crippen molar-refractivity contribution in [1.82, 2.24) is 14.5 Å². The topological polar surface area (TPSA) is 21.1 Å². The third kappa shape index (κ3) is 3.26. The summed E-state index contributed by atoms with van der Waals surface area (Å²) in [6.07, 6.45) is 2.01. The molecule has 1 aromatic heterocycles. The van der Waals surface area contributed by atoms with Gasteiger partial charge in [-0.05, 0) is 31.0 Å². The molecule has 2 aromatic carbocycles. The van der Waals surface area contributed by atoms with Crippen LogP contribution in [-0.2, 0) is 13.1 Å². The van der Waals surface area contributed by atoms with Gasteiger partial charge in [0.2, 0.25) is 0 Å². The largest absolute Gasteiger partial charge is 0.320 e. The van der Waals surface area contributed by atoms with Crippen LogP contribution in [-0.4, -0.2) is 20.5 Å². The van der Waals surface area contributed by atoms with Crippen molar-refractivity contribution in [2.24, 2.45) is 0 Å². The van der Waals surface area contributed by atoms with Gasteiger partial charge in [-0.2, -0.15) is 8.78 Å². The zero-order chi connectivity index (χ0) is 17.4. The number of fused-ring (bicyclic) bond motifs is 1. The van der Waals surface area contributed by atoms with E-state index in [2.05, 4.69) is 4.98 Å². The minimum absolute atomic E-state index is 0.268. The van der Waals surface area contributed by atoms with Crippen LogP contribution >= 0.6 is 0 Å². The molecule has 1 saturated carbocycles. The van der Waals surface area contributed by atoms with Gasteiger partial charge in [-0.15, -0.1) is 0 Å². The van der Waals surface area contributed by atoms with Crippen LogP contribution in [0.1, 0.15) is 30.8 Å². The molecule has 3 aromatic rings. The molecule has 0 saturated heterocycles. The number of hydrogen-bond donors (Lipinski definition) is 0. The minimum Gasteiger partial charge on any atom is -0.289 e. The Labute approximate surface area is 143 Å². The van der Waals surface area contributed by atoms with Crippen LogP contribution in [0.3, 0.4) is 0 Å². The Balaban J connectivity index is 1.66. The van der Waals surface area contributed by atoms with E-state index < -0.39 is 6.55 Å². The second-order valence-corrected chi connectivity index (χ2v) is 6.39. The van der Waals surface area contributed by atoms with Gasteiger partial charge in [0.25, 0.3) is 0 Å². The summed E-state index contributed by atoms with van der Waals surface area (Å²) < 4.78 is 42.1. The minimum atomic E-state index is -2.66. The number of aromatic nitrogens is 2. The van der Waals surface area contributed by atoms with E-state index in [4.69, 9.17) is 0 Å². The Kier molecular flexibility index (Phi) is 4.21. The van der Waals surface area contributed by atoms with Crippen LogP contribution in [0.4, 0.5) is 13.2 Å². The lowest BCUT2D eigenvalue weighted by Gasteiger charge is -2.22. The maximum absolute atomic E-state index is 14.0. The molecule has 1 aliphatic carbocycles. The molecule has 0 bridgehead atoms. The van der Waals surface area contributed by atoms with Gasteiger partial charge in [0.1, 0.15) is 11.6 Å². The van der Waals surface area contributed by atoms with Crippen LogP contribution in [0.5, 0.6) is 0 Å². The Morgan fingerprint density at radius 2 is 1.76 bits per heavy atom. The van der Waals surface area contributed by atoms with E-state index >= 15 is 0 Å². The predicted octanol–water partition coefficient (Wildman–Crippen LogP) is 4.74.